The van der Waals surface area contributed by atoms with Crippen LogP contribution in [0.5, 0.6) is 0 Å². The second-order valence-electron chi connectivity index (χ2n) is 5.62. The minimum absolute atomic E-state index is 0.0571. The lowest BCUT2D eigenvalue weighted by molar-refractivity contribution is 0.104. The molecule has 0 saturated heterocycles. The van der Waals surface area contributed by atoms with E-state index in [-0.39, 0.29) is 38.9 Å². The highest BCUT2D eigenvalue weighted by atomic mass is 35.5. The van der Waals surface area contributed by atoms with E-state index in [1.807, 2.05) is 0 Å². The molecular weight excluding hydrogens is 588 g/mol. The summed E-state index contributed by atoms with van der Waals surface area (Å²) in [5.41, 5.74) is -1.45. The monoisotopic (exact) mass is 590 g/mol. The van der Waals surface area contributed by atoms with E-state index in [4.69, 9.17) is 81.2 Å². The fourth-order valence-corrected chi connectivity index (χ4v) is 3.31. The molecule has 2 rings (SSSR count). The normalized spacial score (nSPS) is 9.91. The predicted molar refractivity (Wildman–Crippen MR) is 124 cm³/mol. The van der Waals surface area contributed by atoms with Crippen LogP contribution in [0.25, 0.3) is 0 Å². The average Bonchev–Trinajstić information content (AvgIpc) is 2.72. The van der Waals surface area contributed by atoms with Gasteiger partial charge in [-0.2, -0.15) is 0 Å². The lowest BCUT2D eigenvalue weighted by Crippen LogP contribution is -2.09. The Bertz CT molecular complexity index is 1120. The first-order chi connectivity index (χ1) is 15.2. The van der Waals surface area contributed by atoms with Crippen molar-refractivity contribution in [3.05, 3.63) is 69.3 Å². The molecule has 0 aliphatic rings. The van der Waals surface area contributed by atoms with Crippen LogP contribution in [0.2, 0.25) is 0 Å². The summed E-state index contributed by atoms with van der Waals surface area (Å²) in [6, 6.07) is 5.43. The summed E-state index contributed by atoms with van der Waals surface area (Å²) in [4.78, 5) is 77.1. The van der Waals surface area contributed by atoms with Crippen molar-refractivity contribution in [2.45, 2.75) is 0 Å². The first kappa shape index (κ1) is 29.2. The van der Waals surface area contributed by atoms with Gasteiger partial charge in [0.2, 0.25) is 0 Å². The van der Waals surface area contributed by atoms with Crippen molar-refractivity contribution in [1.29, 1.82) is 0 Å². The maximum atomic E-state index is 11.1. The lowest BCUT2D eigenvalue weighted by atomic mass is 10.0. The van der Waals surface area contributed by atoms with Crippen LogP contribution in [0.1, 0.15) is 72.5 Å². The molecule has 0 aliphatic heterocycles. The molecule has 2 aromatic rings. The molecule has 7 nitrogen and oxygen atoms in total. The molecule has 0 spiro atoms. The Morgan fingerprint density at radius 3 is 0.879 bits per heavy atom. The van der Waals surface area contributed by atoms with Crippen LogP contribution in [0.3, 0.4) is 0 Å². The second kappa shape index (κ2) is 12.6. The van der Waals surface area contributed by atoms with E-state index in [0.717, 1.165) is 18.2 Å². The van der Waals surface area contributed by atoms with Crippen molar-refractivity contribution in [3.8, 4) is 0 Å². The van der Waals surface area contributed by atoms with Gasteiger partial charge in [0.15, 0.2) is 0 Å². The van der Waals surface area contributed by atoms with Crippen molar-refractivity contribution in [2.24, 2.45) is 0 Å². The van der Waals surface area contributed by atoms with Crippen molar-refractivity contribution >= 4 is 118 Å². The highest BCUT2D eigenvalue weighted by Gasteiger charge is 2.23. The van der Waals surface area contributed by atoms with Crippen LogP contribution in [0.15, 0.2) is 30.3 Å². The molecule has 0 N–H and O–H groups in total. The summed E-state index contributed by atoms with van der Waals surface area (Å²) in [6.45, 7) is 0. The third-order valence-electron chi connectivity index (χ3n) is 3.67. The number of halogens is 7. The molecule has 0 unspecified atom stereocenters. The molecule has 0 bridgehead atoms. The van der Waals surface area contributed by atoms with Gasteiger partial charge in [0.05, 0.1) is 0 Å². The first-order valence-electron chi connectivity index (χ1n) is 7.89. The summed E-state index contributed by atoms with van der Waals surface area (Å²) in [6.07, 6.45) is 0. The van der Waals surface area contributed by atoms with Crippen molar-refractivity contribution < 1.29 is 33.6 Å². The first-order valence-corrected chi connectivity index (χ1v) is 10.5. The van der Waals surface area contributed by atoms with E-state index in [0.29, 0.717) is 0 Å². The van der Waals surface area contributed by atoms with Gasteiger partial charge in [-0.05, 0) is 112 Å². The van der Waals surface area contributed by atoms with Crippen LogP contribution in [0.4, 0.5) is 0 Å². The van der Waals surface area contributed by atoms with Crippen LogP contribution >= 0.6 is 81.2 Å². The van der Waals surface area contributed by atoms with Crippen LogP contribution in [0, 0.1) is 0 Å². The van der Waals surface area contributed by atoms with Crippen LogP contribution < -0.4 is 0 Å². The van der Waals surface area contributed by atoms with Gasteiger partial charge in [-0.15, -0.1) is 0 Å². The molecule has 0 heterocycles. The van der Waals surface area contributed by atoms with Gasteiger partial charge >= 0.3 is 0 Å². The van der Waals surface area contributed by atoms with E-state index in [9.17, 15) is 33.6 Å². The highest BCUT2D eigenvalue weighted by molar-refractivity contribution is 6.74. The van der Waals surface area contributed by atoms with Crippen molar-refractivity contribution in [3.63, 3.8) is 0 Å². The Balaban J connectivity index is 0.000000335. The molecule has 33 heavy (non-hydrogen) atoms. The third-order valence-corrected chi connectivity index (χ3v) is 5.11. The van der Waals surface area contributed by atoms with Gasteiger partial charge < -0.3 is 0 Å². The lowest BCUT2D eigenvalue weighted by Gasteiger charge is -2.07. The molecule has 0 amide bonds. The fraction of sp³-hybridized carbons (Fsp3) is 0. The number of benzene rings is 2. The summed E-state index contributed by atoms with van der Waals surface area (Å²) in [5, 5.41) is -6.54. The number of hydrogen-bond acceptors (Lipinski definition) is 7. The van der Waals surface area contributed by atoms with Gasteiger partial charge in [-0.25, -0.2) is 0 Å². The Labute approximate surface area is 219 Å². The Morgan fingerprint density at radius 2 is 0.636 bits per heavy atom. The van der Waals surface area contributed by atoms with Gasteiger partial charge in [0, 0.05) is 38.9 Å². The number of carbonyl (C=O) groups excluding carboxylic acids is 7. The molecular formula is C19H5Cl7O7. The van der Waals surface area contributed by atoms with Gasteiger partial charge in [0.1, 0.15) is 0 Å². The van der Waals surface area contributed by atoms with Gasteiger partial charge in [0.25, 0.3) is 36.7 Å². The van der Waals surface area contributed by atoms with E-state index in [1.165, 1.54) is 12.1 Å². The molecule has 0 fully saturated rings. The zero-order valence-electron chi connectivity index (χ0n) is 15.4. The molecule has 172 valence electrons. The molecule has 0 radical (unpaired) electrons. The third kappa shape index (κ3) is 7.86. The summed E-state index contributed by atoms with van der Waals surface area (Å²) in [7, 11) is 0. The topological polar surface area (TPSA) is 119 Å². The van der Waals surface area contributed by atoms with Crippen molar-refractivity contribution in [1.82, 2.24) is 0 Å². The van der Waals surface area contributed by atoms with Crippen LogP contribution in [-0.4, -0.2) is 36.7 Å². The number of carbonyl (C=O) groups is 7. The van der Waals surface area contributed by atoms with Gasteiger partial charge in [-0.3, -0.25) is 33.6 Å². The summed E-state index contributed by atoms with van der Waals surface area (Å²) >= 11 is 36.6. The zero-order valence-corrected chi connectivity index (χ0v) is 20.7. The zero-order chi connectivity index (χ0) is 25.6. The maximum absolute atomic E-state index is 11.1. The smallest absolute Gasteiger partial charge is 0.253 e. The Kier molecular flexibility index (Phi) is 11.1. The second-order valence-corrected chi connectivity index (χ2v) is 8.02. The maximum Gasteiger partial charge on any atom is 0.253 e. The molecule has 0 saturated carbocycles. The Morgan fingerprint density at radius 1 is 0.364 bits per heavy atom. The molecule has 0 aromatic heterocycles. The van der Waals surface area contributed by atoms with E-state index in [1.54, 1.807) is 0 Å². The fourth-order valence-electron chi connectivity index (χ4n) is 2.25. The van der Waals surface area contributed by atoms with Crippen molar-refractivity contribution in [2.75, 3.05) is 0 Å². The SMILES string of the molecule is O=C(Cl)c1cc(C(=O)Cl)c(C(=O)Cl)cc1C(=O)Cl.O=C(Cl)c1ccc(C(=O)Cl)c(C(=O)Cl)c1. The summed E-state index contributed by atoms with van der Waals surface area (Å²) in [5.74, 6) is 0. The molecule has 14 heteroatoms. The minimum atomic E-state index is -1.02. The predicted octanol–water partition coefficient (Wildman–Crippen LogP) is 6.03. The molecule has 0 aliphatic carbocycles. The quantitative estimate of drug-likeness (QED) is 0.360. The largest absolute Gasteiger partial charge is 0.276 e. The standard InChI is InChI=1S/C10H2Cl4O4.C9H3Cl3O3/c11-7(15)3-1-4(8(12)16)6(10(14)18)2-5(3)9(13)17;10-7(13)4-1-2-5(8(11)14)6(3-4)9(12)15/h1-2H;1-3H. The highest BCUT2D eigenvalue weighted by Crippen LogP contribution is 2.23. The minimum Gasteiger partial charge on any atom is -0.276 e. The van der Waals surface area contributed by atoms with E-state index >= 15 is 0 Å². The number of hydrogen-bond donors (Lipinski definition) is 0. The van der Waals surface area contributed by atoms with E-state index < -0.39 is 36.7 Å². The van der Waals surface area contributed by atoms with E-state index in [2.05, 4.69) is 0 Å². The molecule has 2 aromatic carbocycles. The average molecular weight is 593 g/mol. The number of rotatable bonds is 7. The van der Waals surface area contributed by atoms with Crippen LogP contribution in [-0.2, 0) is 0 Å². The summed E-state index contributed by atoms with van der Waals surface area (Å²) < 4.78 is 0. The molecule has 0 atom stereocenters. The Hall–Kier alpha value is -1.84. The van der Waals surface area contributed by atoms with Gasteiger partial charge in [-0.1, -0.05) is 0 Å².